The van der Waals surface area contributed by atoms with E-state index < -0.39 is 80.3 Å². The van der Waals surface area contributed by atoms with Crippen LogP contribution in [0.1, 0.15) is 160 Å². The Morgan fingerprint density at radius 3 is 1.62 bits per heavy atom. The first kappa shape index (κ1) is 55.2. The van der Waals surface area contributed by atoms with E-state index in [0.29, 0.717) is 48.0 Å². The van der Waals surface area contributed by atoms with Gasteiger partial charge in [-0.05, 0) is 73.7 Å². The number of aliphatic hydroxyl groups is 6. The van der Waals surface area contributed by atoms with Gasteiger partial charge in [0.1, 0.15) is 29.0 Å². The number of Topliss-reactive ketones (excluding diaryl/α,β-unsaturated/α-hetero) is 2. The summed E-state index contributed by atoms with van der Waals surface area (Å²) in [4.78, 5) is 64.0. The number of hydrogen-bond donors (Lipinski definition) is 6. The molecule has 8 rings (SSSR count). The van der Waals surface area contributed by atoms with Crippen LogP contribution in [0.2, 0.25) is 0 Å². The zero-order valence-corrected chi connectivity index (χ0v) is 44.3. The number of fused-ring (bicyclic) bond motifs is 10. The van der Waals surface area contributed by atoms with Gasteiger partial charge in [0.2, 0.25) is 0 Å². The summed E-state index contributed by atoms with van der Waals surface area (Å²) in [6.07, 6.45) is 16.2. The number of esters is 3. The van der Waals surface area contributed by atoms with Crippen LogP contribution in [0.25, 0.3) is 0 Å². The van der Waals surface area contributed by atoms with Gasteiger partial charge in [0.15, 0.2) is 11.6 Å². The summed E-state index contributed by atoms with van der Waals surface area (Å²) in [5.74, 6) is -6.19. The molecule has 0 heterocycles. The van der Waals surface area contributed by atoms with Gasteiger partial charge in [-0.2, -0.15) is 0 Å². The lowest BCUT2D eigenvalue weighted by molar-refractivity contribution is -0.187. The largest absolute Gasteiger partial charge is 0.465 e. The smallest absolute Gasteiger partial charge is 0.308 e. The molecule has 14 heteroatoms. The van der Waals surface area contributed by atoms with Gasteiger partial charge in [0.05, 0.1) is 30.3 Å². The Kier molecular flexibility index (Phi) is 15.0. The van der Waals surface area contributed by atoms with Gasteiger partial charge in [-0.3, -0.25) is 24.0 Å². The highest BCUT2D eigenvalue weighted by Crippen LogP contribution is 2.78. The number of hydrogen-bond acceptors (Lipinski definition) is 14. The third kappa shape index (κ3) is 8.39. The highest BCUT2D eigenvalue weighted by atomic mass is 16.6. The molecule has 0 spiro atoms. The molecular formula is C57H84O14. The Labute approximate surface area is 420 Å². The van der Waals surface area contributed by atoms with Crippen molar-refractivity contribution in [1.82, 2.24) is 0 Å². The second-order valence-corrected chi connectivity index (χ2v) is 24.2. The van der Waals surface area contributed by atoms with Crippen LogP contribution in [0.3, 0.4) is 0 Å². The van der Waals surface area contributed by atoms with Crippen molar-refractivity contribution in [2.45, 2.75) is 193 Å². The fourth-order valence-electron chi connectivity index (χ4n) is 15.5. The minimum absolute atomic E-state index is 0.0000834. The number of unbranched alkanes of at least 4 members (excludes halogenated alkanes) is 6. The fraction of sp³-hybridized carbons (Fsp3) is 0.772. The van der Waals surface area contributed by atoms with E-state index in [2.05, 4.69) is 6.92 Å². The summed E-state index contributed by atoms with van der Waals surface area (Å²) in [6.45, 7) is 19.8. The zero-order chi connectivity index (χ0) is 52.7. The van der Waals surface area contributed by atoms with Crippen molar-refractivity contribution in [1.29, 1.82) is 0 Å². The normalized spacial score (nSPS) is 42.5. The quantitative estimate of drug-likeness (QED) is 0.0407. The Balaban J connectivity index is 0.000000228. The maximum absolute atomic E-state index is 13.4. The summed E-state index contributed by atoms with van der Waals surface area (Å²) in [7, 11) is 0. The van der Waals surface area contributed by atoms with Crippen LogP contribution >= 0.6 is 0 Å². The molecule has 0 aliphatic heterocycles. The van der Waals surface area contributed by atoms with Crippen LogP contribution < -0.4 is 0 Å². The van der Waals surface area contributed by atoms with Crippen LogP contribution in [0.15, 0.2) is 46.6 Å². The van der Waals surface area contributed by atoms with Gasteiger partial charge < -0.3 is 44.8 Å². The minimum atomic E-state index is -1.86. The van der Waals surface area contributed by atoms with Crippen molar-refractivity contribution in [2.75, 3.05) is 19.8 Å². The van der Waals surface area contributed by atoms with Crippen LogP contribution in [0.5, 0.6) is 0 Å². The van der Waals surface area contributed by atoms with Crippen LogP contribution in [-0.4, -0.2) is 114 Å². The van der Waals surface area contributed by atoms with E-state index in [9.17, 15) is 54.6 Å². The SMILES string of the molecule is CC(=O)O[C@@]12C[C@@H](C)[C@@]3(O)[C@@H](C=C(CO)C[C@]4(O)C(=O)C(C)=C[C@@H]34)[C@@H]1C2(C)C.CCCCCCCCCC(=O)O[C@@]12C[C@@H](C)[C@@]3(O)[C@@H](C=C(CO)C[C@]4(O)C(=O)C(C)=C[C@@H]34)[C@@H]1[C@@]2(C)COC(=O)C(C)CC. The Morgan fingerprint density at radius 2 is 1.15 bits per heavy atom. The molecule has 16 atom stereocenters. The zero-order valence-electron chi connectivity index (χ0n) is 44.3. The van der Waals surface area contributed by atoms with Crippen molar-refractivity contribution < 1.29 is 68.8 Å². The van der Waals surface area contributed by atoms with E-state index in [1.54, 1.807) is 32.1 Å². The Morgan fingerprint density at radius 1 is 0.690 bits per heavy atom. The molecule has 6 N–H and O–H groups in total. The van der Waals surface area contributed by atoms with E-state index in [1.807, 2.05) is 54.5 Å². The molecule has 14 nitrogen and oxygen atoms in total. The molecule has 0 aromatic rings. The van der Waals surface area contributed by atoms with Crippen molar-refractivity contribution in [3.8, 4) is 0 Å². The molecule has 8 aliphatic rings. The highest BCUT2D eigenvalue weighted by Gasteiger charge is 2.86. The molecule has 0 radical (unpaired) electrons. The van der Waals surface area contributed by atoms with Crippen molar-refractivity contribution in [3.63, 3.8) is 0 Å². The number of ketones is 2. The molecule has 396 valence electrons. The van der Waals surface area contributed by atoms with Gasteiger partial charge in [-0.1, -0.05) is 118 Å². The monoisotopic (exact) mass is 993 g/mol. The standard InChI is InChI=1S/C35H54O8.C22H30O6/c1-7-9-10-11-12-13-14-15-28(37)43-34-18-24(5)35(41)26(29(34)32(34,6)21-42-31(39)22(3)8-2)17-25(20-36)19-33(40)27(35)16-23(4)30(33)38;1-11-6-16-20(26,18(11)25)9-14(10-23)7-15-17-19(4,5)21(17,28-13(3)24)8-12(2)22(15,16)27/h16-17,22,24,26-27,29,36,40-41H,7-15,18-21H2,1-6H3;6-7,12,15-17,23,26-27H,8-10H2,1-5H3/t22?,24-,26+,27-,29-,32-,33-,34+,35-;12-,15+,16-,17-,20-,21+,22-/m11/s1. The van der Waals surface area contributed by atoms with Crippen molar-refractivity contribution >= 4 is 29.5 Å². The third-order valence-corrected chi connectivity index (χ3v) is 19.7. The van der Waals surface area contributed by atoms with Gasteiger partial charge in [-0.25, -0.2) is 0 Å². The van der Waals surface area contributed by atoms with Crippen molar-refractivity contribution in [2.24, 2.45) is 64.1 Å². The van der Waals surface area contributed by atoms with Gasteiger partial charge in [-0.15, -0.1) is 0 Å². The molecule has 0 amide bonds. The van der Waals surface area contributed by atoms with Gasteiger partial charge in [0.25, 0.3) is 0 Å². The first-order chi connectivity index (χ1) is 33.1. The van der Waals surface area contributed by atoms with Crippen molar-refractivity contribution in [3.05, 3.63) is 46.6 Å². The number of rotatable bonds is 16. The number of carbonyl (C=O) groups is 5. The molecule has 0 saturated heterocycles. The topological polar surface area (TPSA) is 234 Å². The predicted molar refractivity (Wildman–Crippen MR) is 264 cm³/mol. The summed E-state index contributed by atoms with van der Waals surface area (Å²) in [5.41, 5.74) is -7.52. The van der Waals surface area contributed by atoms with E-state index in [-0.39, 0.29) is 79.5 Å². The fourth-order valence-corrected chi connectivity index (χ4v) is 15.5. The van der Waals surface area contributed by atoms with Gasteiger partial charge >= 0.3 is 17.9 Å². The van der Waals surface area contributed by atoms with Crippen LogP contribution in [0.4, 0.5) is 0 Å². The molecular weight excluding hydrogens is 909 g/mol. The minimum Gasteiger partial charge on any atom is -0.465 e. The molecule has 4 saturated carbocycles. The molecule has 0 aromatic carbocycles. The van der Waals surface area contributed by atoms with Gasteiger partial charge in [0, 0.05) is 72.5 Å². The second kappa shape index (κ2) is 19.3. The average molecular weight is 993 g/mol. The summed E-state index contributed by atoms with van der Waals surface area (Å²) >= 11 is 0. The average Bonchev–Trinajstić information content (AvgIpc) is 3.94. The third-order valence-electron chi connectivity index (χ3n) is 19.7. The lowest BCUT2D eigenvalue weighted by Gasteiger charge is -2.50. The second-order valence-electron chi connectivity index (χ2n) is 24.2. The first-order valence-electron chi connectivity index (χ1n) is 26.7. The lowest BCUT2D eigenvalue weighted by atomic mass is 9.60. The van der Waals surface area contributed by atoms with E-state index in [1.165, 1.54) is 26.2 Å². The molecule has 0 bridgehead atoms. The Bertz CT molecular complexity index is 2280. The number of ether oxygens (including phenoxy) is 3. The first-order valence-corrected chi connectivity index (χ1v) is 26.7. The molecule has 71 heavy (non-hydrogen) atoms. The molecule has 4 fully saturated rings. The van der Waals surface area contributed by atoms with E-state index in [0.717, 1.165) is 25.7 Å². The van der Waals surface area contributed by atoms with Crippen LogP contribution in [0, 0.1) is 64.1 Å². The highest BCUT2D eigenvalue weighted by molar-refractivity contribution is 6.05. The molecule has 1 unspecified atom stereocenters. The number of aliphatic hydroxyl groups excluding tert-OH is 2. The van der Waals surface area contributed by atoms with E-state index in [4.69, 9.17) is 14.2 Å². The number of carbonyl (C=O) groups excluding carboxylic acids is 5. The van der Waals surface area contributed by atoms with E-state index >= 15 is 0 Å². The Hall–Kier alpha value is -3.53. The lowest BCUT2D eigenvalue weighted by Crippen LogP contribution is -2.61. The molecule has 0 aromatic heterocycles. The summed E-state index contributed by atoms with van der Waals surface area (Å²) < 4.78 is 18.1. The predicted octanol–water partition coefficient (Wildman–Crippen LogP) is 6.75. The maximum atomic E-state index is 13.4. The maximum Gasteiger partial charge on any atom is 0.308 e. The summed E-state index contributed by atoms with van der Waals surface area (Å²) in [6, 6.07) is 0. The summed E-state index contributed by atoms with van der Waals surface area (Å²) in [5, 5.41) is 68.1. The molecule has 8 aliphatic carbocycles. The van der Waals surface area contributed by atoms with Crippen LogP contribution in [-0.2, 0) is 38.2 Å².